The third kappa shape index (κ3) is 4.70. The summed E-state index contributed by atoms with van der Waals surface area (Å²) in [4.78, 5) is 51.7. The maximum Gasteiger partial charge on any atom is 0.271 e. The SMILES string of the molecule is COc1ccccc1C(=O)N1[C@H](CC(=O)Nc2cccc([N+](=O)[O-])c2)C(=O)N[C@H]2CCCC[C@H]21. The predicted octanol–water partition coefficient (Wildman–Crippen LogP) is 2.88. The van der Waals surface area contributed by atoms with Gasteiger partial charge in [0, 0.05) is 23.9 Å². The van der Waals surface area contributed by atoms with Gasteiger partial charge in [-0.05, 0) is 31.0 Å². The molecule has 3 atom stereocenters. The number of rotatable bonds is 6. The summed E-state index contributed by atoms with van der Waals surface area (Å²) in [5.41, 5.74) is 0.410. The minimum atomic E-state index is -1.02. The van der Waals surface area contributed by atoms with Crippen molar-refractivity contribution in [3.8, 4) is 5.75 Å². The number of ether oxygens (including phenoxy) is 1. The molecule has 2 N–H and O–H groups in total. The number of carbonyl (C=O) groups excluding carboxylic acids is 3. The second kappa shape index (κ2) is 9.90. The summed E-state index contributed by atoms with van der Waals surface area (Å²) < 4.78 is 5.36. The van der Waals surface area contributed by atoms with Crippen molar-refractivity contribution >= 4 is 29.1 Å². The number of methoxy groups -OCH3 is 1. The van der Waals surface area contributed by atoms with Crippen LogP contribution in [0.2, 0.25) is 0 Å². The largest absolute Gasteiger partial charge is 0.496 e. The van der Waals surface area contributed by atoms with Crippen molar-refractivity contribution in [2.45, 2.75) is 50.2 Å². The van der Waals surface area contributed by atoms with Crippen LogP contribution < -0.4 is 15.4 Å². The first-order chi connectivity index (χ1) is 16.4. The molecule has 34 heavy (non-hydrogen) atoms. The third-order valence-electron chi connectivity index (χ3n) is 6.34. The average Bonchev–Trinajstić information content (AvgIpc) is 2.84. The molecule has 1 aliphatic carbocycles. The Hall–Kier alpha value is -3.95. The lowest BCUT2D eigenvalue weighted by molar-refractivity contribution is -0.384. The lowest BCUT2D eigenvalue weighted by Gasteiger charge is -2.48. The number of carbonyl (C=O) groups is 3. The molecule has 2 aliphatic rings. The molecule has 0 unspecified atom stereocenters. The highest BCUT2D eigenvalue weighted by Crippen LogP contribution is 2.32. The number of nitrogens with zero attached hydrogens (tertiary/aromatic N) is 2. The van der Waals surface area contributed by atoms with E-state index in [1.54, 1.807) is 24.3 Å². The van der Waals surface area contributed by atoms with Gasteiger partial charge >= 0.3 is 0 Å². The van der Waals surface area contributed by atoms with Crippen LogP contribution in [0.4, 0.5) is 11.4 Å². The van der Waals surface area contributed by atoms with E-state index in [9.17, 15) is 24.5 Å². The smallest absolute Gasteiger partial charge is 0.271 e. The molecule has 0 radical (unpaired) electrons. The number of piperazine rings is 1. The number of amides is 3. The van der Waals surface area contributed by atoms with Gasteiger partial charge in [-0.25, -0.2) is 0 Å². The number of nitro benzene ring substituents is 1. The van der Waals surface area contributed by atoms with Gasteiger partial charge in [0.25, 0.3) is 11.6 Å². The number of fused-ring (bicyclic) bond motifs is 1. The molecule has 10 heteroatoms. The van der Waals surface area contributed by atoms with Crippen LogP contribution >= 0.6 is 0 Å². The van der Waals surface area contributed by atoms with Crippen molar-refractivity contribution in [3.63, 3.8) is 0 Å². The fourth-order valence-electron chi connectivity index (χ4n) is 4.78. The molecular weight excluding hydrogens is 440 g/mol. The minimum absolute atomic E-state index is 0.161. The molecule has 10 nitrogen and oxygen atoms in total. The van der Waals surface area contributed by atoms with Gasteiger partial charge in [0.15, 0.2) is 0 Å². The van der Waals surface area contributed by atoms with Crippen LogP contribution in [0, 0.1) is 10.1 Å². The van der Waals surface area contributed by atoms with Crippen LogP contribution in [0.1, 0.15) is 42.5 Å². The highest BCUT2D eigenvalue weighted by Gasteiger charge is 2.46. The summed E-state index contributed by atoms with van der Waals surface area (Å²) in [6.45, 7) is 0. The molecule has 3 amide bonds. The molecule has 1 heterocycles. The summed E-state index contributed by atoms with van der Waals surface area (Å²) in [6.07, 6.45) is 3.07. The van der Waals surface area contributed by atoms with Gasteiger partial charge in [-0.15, -0.1) is 0 Å². The molecule has 178 valence electrons. The zero-order valence-corrected chi connectivity index (χ0v) is 18.7. The van der Waals surface area contributed by atoms with Crippen molar-refractivity contribution in [1.82, 2.24) is 10.2 Å². The molecule has 4 rings (SSSR count). The number of nitro groups is 1. The van der Waals surface area contributed by atoms with E-state index in [2.05, 4.69) is 10.6 Å². The molecular formula is C24H26N4O6. The number of non-ortho nitro benzene ring substituents is 1. The highest BCUT2D eigenvalue weighted by molar-refractivity contribution is 6.03. The van der Waals surface area contributed by atoms with Crippen LogP contribution in [0.3, 0.4) is 0 Å². The predicted molar refractivity (Wildman–Crippen MR) is 123 cm³/mol. The van der Waals surface area contributed by atoms with Gasteiger partial charge in [-0.2, -0.15) is 0 Å². The Balaban J connectivity index is 1.61. The van der Waals surface area contributed by atoms with Gasteiger partial charge in [0.1, 0.15) is 11.8 Å². The van der Waals surface area contributed by atoms with Crippen LogP contribution in [0.15, 0.2) is 48.5 Å². The monoisotopic (exact) mass is 466 g/mol. The van der Waals surface area contributed by atoms with Crippen molar-refractivity contribution < 1.29 is 24.0 Å². The number of para-hydroxylation sites is 1. The Kier molecular flexibility index (Phi) is 6.76. The lowest BCUT2D eigenvalue weighted by Crippen LogP contribution is -2.68. The Morgan fingerprint density at radius 3 is 2.71 bits per heavy atom. The van der Waals surface area contributed by atoms with Crippen molar-refractivity contribution in [2.24, 2.45) is 0 Å². The Morgan fingerprint density at radius 2 is 1.94 bits per heavy atom. The molecule has 2 aromatic carbocycles. The van der Waals surface area contributed by atoms with Crippen molar-refractivity contribution in [2.75, 3.05) is 12.4 Å². The van der Waals surface area contributed by atoms with Gasteiger partial charge < -0.3 is 20.3 Å². The molecule has 0 bridgehead atoms. The first-order valence-corrected chi connectivity index (χ1v) is 11.2. The topological polar surface area (TPSA) is 131 Å². The third-order valence-corrected chi connectivity index (χ3v) is 6.34. The van der Waals surface area contributed by atoms with Gasteiger partial charge in [0.2, 0.25) is 11.8 Å². The van der Waals surface area contributed by atoms with Crippen LogP contribution in [-0.2, 0) is 9.59 Å². The maximum atomic E-state index is 13.7. The number of anilines is 1. The van der Waals surface area contributed by atoms with E-state index < -0.39 is 16.9 Å². The summed E-state index contributed by atoms with van der Waals surface area (Å²) in [5, 5.41) is 16.6. The second-order valence-corrected chi connectivity index (χ2v) is 8.46. The van der Waals surface area contributed by atoms with E-state index in [0.29, 0.717) is 11.3 Å². The van der Waals surface area contributed by atoms with Gasteiger partial charge in [0.05, 0.1) is 30.1 Å². The Labute approximate surface area is 196 Å². The molecule has 1 aliphatic heterocycles. The Bertz CT molecular complexity index is 1120. The first kappa shape index (κ1) is 23.2. The fourth-order valence-corrected chi connectivity index (χ4v) is 4.78. The van der Waals surface area contributed by atoms with E-state index in [-0.39, 0.29) is 41.7 Å². The molecule has 2 fully saturated rings. The first-order valence-electron chi connectivity index (χ1n) is 11.2. The number of hydrogen-bond donors (Lipinski definition) is 2. The zero-order chi connectivity index (χ0) is 24.2. The zero-order valence-electron chi connectivity index (χ0n) is 18.7. The standard InChI is InChI=1S/C24H26N4O6/c1-34-21-12-5-2-9-17(21)24(31)27-19-11-4-3-10-18(19)26-23(30)20(27)14-22(29)25-15-7-6-8-16(13-15)28(32)33/h2,5-9,12-13,18-20H,3-4,10-11,14H2,1H3,(H,25,29)(H,26,30)/t18-,19+,20+/m0/s1. The van der Waals surface area contributed by atoms with Crippen LogP contribution in [0.5, 0.6) is 5.75 Å². The minimum Gasteiger partial charge on any atom is -0.496 e. The molecule has 0 aromatic heterocycles. The number of hydrogen-bond acceptors (Lipinski definition) is 6. The molecule has 1 saturated heterocycles. The number of benzene rings is 2. The maximum absolute atomic E-state index is 13.7. The number of nitrogens with one attached hydrogen (secondary N) is 2. The summed E-state index contributed by atoms with van der Waals surface area (Å²) in [6, 6.07) is 10.9. The summed E-state index contributed by atoms with van der Waals surface area (Å²) in [7, 11) is 1.47. The van der Waals surface area contributed by atoms with E-state index in [1.165, 1.54) is 36.3 Å². The van der Waals surface area contributed by atoms with E-state index in [1.807, 2.05) is 0 Å². The van der Waals surface area contributed by atoms with Gasteiger partial charge in [-0.1, -0.05) is 31.0 Å². The van der Waals surface area contributed by atoms with Gasteiger partial charge in [-0.3, -0.25) is 24.5 Å². The highest BCUT2D eigenvalue weighted by atomic mass is 16.6. The van der Waals surface area contributed by atoms with E-state index in [0.717, 1.165) is 25.7 Å². The van der Waals surface area contributed by atoms with E-state index in [4.69, 9.17) is 4.74 Å². The van der Waals surface area contributed by atoms with Crippen molar-refractivity contribution in [3.05, 3.63) is 64.2 Å². The molecule has 2 aromatic rings. The van der Waals surface area contributed by atoms with Crippen LogP contribution in [-0.4, -0.2) is 52.8 Å². The fraction of sp³-hybridized carbons (Fsp3) is 0.375. The lowest BCUT2D eigenvalue weighted by atomic mass is 9.84. The second-order valence-electron chi connectivity index (χ2n) is 8.46. The summed E-state index contributed by atoms with van der Waals surface area (Å²) in [5.74, 6) is -0.878. The van der Waals surface area contributed by atoms with E-state index >= 15 is 0 Å². The molecule has 1 saturated carbocycles. The van der Waals surface area contributed by atoms with Crippen molar-refractivity contribution in [1.29, 1.82) is 0 Å². The Morgan fingerprint density at radius 1 is 1.18 bits per heavy atom. The average molecular weight is 466 g/mol. The van der Waals surface area contributed by atoms with Crippen LogP contribution in [0.25, 0.3) is 0 Å². The normalized spacial score (nSPS) is 21.7. The summed E-state index contributed by atoms with van der Waals surface area (Å²) >= 11 is 0. The quantitative estimate of drug-likeness (QED) is 0.497. The molecule has 0 spiro atoms.